The number of nitrogens with two attached hydrogens (primary N) is 1. The van der Waals surface area contributed by atoms with Gasteiger partial charge in [0, 0.05) is 24.2 Å². The highest BCUT2D eigenvalue weighted by Gasteiger charge is 2.21. The lowest BCUT2D eigenvalue weighted by Crippen LogP contribution is -2.39. The van der Waals surface area contributed by atoms with E-state index in [1.807, 2.05) is 0 Å². The fraction of sp³-hybridized carbons (Fsp3) is 0.647. The van der Waals surface area contributed by atoms with E-state index in [-0.39, 0.29) is 11.6 Å². The van der Waals surface area contributed by atoms with Crippen LogP contribution in [0.15, 0.2) is 24.3 Å². The Morgan fingerprint density at radius 1 is 1.05 bits per heavy atom. The highest BCUT2D eigenvalue weighted by atomic mass is 19.3. The maximum atomic E-state index is 12.6. The predicted octanol–water partition coefficient (Wildman–Crippen LogP) is 4.52. The molecule has 21 heavy (non-hydrogen) atoms. The van der Waals surface area contributed by atoms with Gasteiger partial charge >= 0.3 is 0 Å². The molecule has 1 unspecified atom stereocenters. The van der Waals surface area contributed by atoms with E-state index < -0.39 is 6.43 Å². The molecule has 0 aliphatic heterocycles. The van der Waals surface area contributed by atoms with Crippen molar-refractivity contribution in [3.8, 4) is 0 Å². The highest BCUT2D eigenvalue weighted by Crippen LogP contribution is 2.26. The van der Waals surface area contributed by atoms with Crippen LogP contribution in [0.2, 0.25) is 0 Å². The number of alkyl halides is 2. The molecule has 4 heteroatoms. The van der Waals surface area contributed by atoms with Crippen molar-refractivity contribution in [2.75, 3.05) is 13.1 Å². The standard InChI is InChI=1S/C17H28F2N2/c1-4-5-6-11-21(13(2)3)16(12-20)14-7-9-15(10-8-14)17(18)19/h7-10,13,16-17H,4-6,11-12,20H2,1-3H3. The first kappa shape index (κ1) is 18.1. The van der Waals surface area contributed by atoms with Crippen molar-refractivity contribution in [1.82, 2.24) is 4.90 Å². The second-order valence-corrected chi connectivity index (χ2v) is 5.76. The van der Waals surface area contributed by atoms with Crippen molar-refractivity contribution in [2.24, 2.45) is 5.73 Å². The van der Waals surface area contributed by atoms with Gasteiger partial charge in [0.05, 0.1) is 0 Å². The number of halogens is 2. The van der Waals surface area contributed by atoms with Crippen molar-refractivity contribution >= 4 is 0 Å². The molecule has 0 bridgehead atoms. The average Bonchev–Trinajstić information content (AvgIpc) is 2.46. The molecule has 1 aromatic carbocycles. The van der Waals surface area contributed by atoms with Crippen LogP contribution in [-0.2, 0) is 0 Å². The molecule has 0 heterocycles. The predicted molar refractivity (Wildman–Crippen MR) is 84.6 cm³/mol. The molecule has 120 valence electrons. The number of unbranched alkanes of at least 4 members (excludes halogenated alkanes) is 2. The van der Waals surface area contributed by atoms with Gasteiger partial charge in [-0.15, -0.1) is 0 Å². The first-order valence-electron chi connectivity index (χ1n) is 7.85. The molecular formula is C17H28F2N2. The molecule has 0 aliphatic rings. The van der Waals surface area contributed by atoms with Crippen LogP contribution in [0.4, 0.5) is 8.78 Å². The van der Waals surface area contributed by atoms with Gasteiger partial charge in [-0.25, -0.2) is 8.78 Å². The minimum atomic E-state index is -2.42. The molecule has 0 saturated heterocycles. The molecule has 0 fully saturated rings. The topological polar surface area (TPSA) is 29.3 Å². The lowest BCUT2D eigenvalue weighted by Gasteiger charge is -2.34. The van der Waals surface area contributed by atoms with E-state index in [0.717, 1.165) is 18.5 Å². The third-order valence-corrected chi connectivity index (χ3v) is 3.88. The fourth-order valence-corrected chi connectivity index (χ4v) is 2.64. The van der Waals surface area contributed by atoms with Crippen LogP contribution in [0.5, 0.6) is 0 Å². The van der Waals surface area contributed by atoms with Gasteiger partial charge in [0.2, 0.25) is 0 Å². The monoisotopic (exact) mass is 298 g/mol. The summed E-state index contributed by atoms with van der Waals surface area (Å²) < 4.78 is 25.3. The first-order valence-corrected chi connectivity index (χ1v) is 7.85. The van der Waals surface area contributed by atoms with Crippen LogP contribution in [0.3, 0.4) is 0 Å². The molecule has 0 spiro atoms. The average molecular weight is 298 g/mol. The van der Waals surface area contributed by atoms with Crippen LogP contribution >= 0.6 is 0 Å². The van der Waals surface area contributed by atoms with Crippen LogP contribution in [-0.4, -0.2) is 24.0 Å². The van der Waals surface area contributed by atoms with Gasteiger partial charge in [0.15, 0.2) is 0 Å². The molecule has 0 radical (unpaired) electrons. The Morgan fingerprint density at radius 2 is 1.62 bits per heavy atom. The van der Waals surface area contributed by atoms with Crippen LogP contribution < -0.4 is 5.73 Å². The summed E-state index contributed by atoms with van der Waals surface area (Å²) in [4.78, 5) is 2.37. The molecule has 1 aromatic rings. The molecule has 0 saturated carbocycles. The molecule has 2 N–H and O–H groups in total. The SMILES string of the molecule is CCCCCN(C(C)C)C(CN)c1ccc(C(F)F)cc1. The third kappa shape index (κ3) is 5.36. The summed E-state index contributed by atoms with van der Waals surface area (Å²) in [5, 5.41) is 0. The maximum Gasteiger partial charge on any atom is 0.263 e. The summed E-state index contributed by atoms with van der Waals surface area (Å²) in [6.07, 6.45) is 1.11. The minimum absolute atomic E-state index is 0.0663. The summed E-state index contributed by atoms with van der Waals surface area (Å²) in [5.74, 6) is 0. The zero-order chi connectivity index (χ0) is 15.8. The van der Waals surface area contributed by atoms with Gasteiger partial charge in [-0.1, -0.05) is 44.0 Å². The van der Waals surface area contributed by atoms with Gasteiger partial charge in [0.25, 0.3) is 6.43 Å². The van der Waals surface area contributed by atoms with Crippen molar-refractivity contribution in [3.63, 3.8) is 0 Å². The number of nitrogens with zero attached hydrogens (tertiary/aromatic N) is 1. The largest absolute Gasteiger partial charge is 0.329 e. The van der Waals surface area contributed by atoms with Crippen LogP contribution in [0, 0.1) is 0 Å². The second kappa shape index (κ2) is 9.11. The Morgan fingerprint density at radius 3 is 2.05 bits per heavy atom. The molecule has 1 rings (SSSR count). The first-order chi connectivity index (χ1) is 10.0. The smallest absolute Gasteiger partial charge is 0.263 e. The summed E-state index contributed by atoms with van der Waals surface area (Å²) in [7, 11) is 0. The Kier molecular flexibility index (Phi) is 7.83. The summed E-state index contributed by atoms with van der Waals surface area (Å²) in [5.41, 5.74) is 7.04. The maximum absolute atomic E-state index is 12.6. The molecular weight excluding hydrogens is 270 g/mol. The zero-order valence-corrected chi connectivity index (χ0v) is 13.4. The Labute approximate surface area is 127 Å². The molecule has 0 amide bonds. The quantitative estimate of drug-likeness (QED) is 0.679. The molecule has 0 aromatic heterocycles. The second-order valence-electron chi connectivity index (χ2n) is 5.76. The van der Waals surface area contributed by atoms with Crippen molar-refractivity contribution in [2.45, 2.75) is 58.5 Å². The Hall–Kier alpha value is -1.00. The third-order valence-electron chi connectivity index (χ3n) is 3.88. The Bertz CT molecular complexity index is 390. The van der Waals surface area contributed by atoms with Crippen LogP contribution in [0.25, 0.3) is 0 Å². The summed E-state index contributed by atoms with van der Waals surface area (Å²) in [6.45, 7) is 7.98. The van der Waals surface area contributed by atoms with E-state index in [2.05, 4.69) is 25.7 Å². The lowest BCUT2D eigenvalue weighted by atomic mass is 10.0. The van der Waals surface area contributed by atoms with E-state index in [4.69, 9.17) is 5.73 Å². The normalized spacial score (nSPS) is 13.4. The molecule has 0 aliphatic carbocycles. The number of benzene rings is 1. The highest BCUT2D eigenvalue weighted by molar-refractivity contribution is 5.26. The van der Waals surface area contributed by atoms with Crippen LogP contribution in [0.1, 0.15) is 63.6 Å². The van der Waals surface area contributed by atoms with Gasteiger partial charge in [0.1, 0.15) is 0 Å². The minimum Gasteiger partial charge on any atom is -0.329 e. The van der Waals surface area contributed by atoms with Gasteiger partial charge in [-0.2, -0.15) is 0 Å². The zero-order valence-electron chi connectivity index (χ0n) is 13.4. The Balaban J connectivity index is 2.86. The number of rotatable bonds is 9. The lowest BCUT2D eigenvalue weighted by molar-refractivity contribution is 0.149. The number of hydrogen-bond donors (Lipinski definition) is 1. The van der Waals surface area contributed by atoms with Gasteiger partial charge < -0.3 is 5.73 Å². The van der Waals surface area contributed by atoms with Gasteiger partial charge in [-0.3, -0.25) is 4.90 Å². The molecule has 1 atom stereocenters. The molecule has 2 nitrogen and oxygen atoms in total. The van der Waals surface area contributed by atoms with E-state index in [0.29, 0.717) is 12.6 Å². The number of hydrogen-bond acceptors (Lipinski definition) is 2. The van der Waals surface area contributed by atoms with E-state index >= 15 is 0 Å². The van der Waals surface area contributed by atoms with E-state index in [1.54, 1.807) is 12.1 Å². The van der Waals surface area contributed by atoms with Crippen molar-refractivity contribution in [3.05, 3.63) is 35.4 Å². The van der Waals surface area contributed by atoms with Crippen molar-refractivity contribution < 1.29 is 8.78 Å². The van der Waals surface area contributed by atoms with E-state index in [1.165, 1.54) is 25.0 Å². The fourth-order valence-electron chi connectivity index (χ4n) is 2.64. The summed E-state index contributed by atoms with van der Waals surface area (Å²) >= 11 is 0. The van der Waals surface area contributed by atoms with Gasteiger partial charge in [-0.05, 0) is 32.4 Å². The summed E-state index contributed by atoms with van der Waals surface area (Å²) in [6, 6.07) is 7.06. The van der Waals surface area contributed by atoms with E-state index in [9.17, 15) is 8.78 Å². The van der Waals surface area contributed by atoms with Crippen molar-refractivity contribution in [1.29, 1.82) is 0 Å².